The van der Waals surface area contributed by atoms with Gasteiger partial charge in [0.05, 0.1) is 12.3 Å². The third kappa shape index (κ3) is 39.2. The summed E-state index contributed by atoms with van der Waals surface area (Å²) < 4.78 is 0. The van der Waals surface area contributed by atoms with Crippen LogP contribution in [0.5, 0.6) is 0 Å². The van der Waals surface area contributed by atoms with Crippen molar-refractivity contribution in [3.8, 4) is 0 Å². The fourth-order valence-corrected chi connectivity index (χ4v) is 4.97. The van der Waals surface area contributed by atoms with Gasteiger partial charge in [-0.15, -0.1) is 0 Å². The van der Waals surface area contributed by atoms with E-state index in [9.17, 15) is 0 Å². The van der Waals surface area contributed by atoms with Gasteiger partial charge in [0.25, 0.3) is 0 Å². The predicted molar refractivity (Wildman–Crippen MR) is 163 cm³/mol. The van der Waals surface area contributed by atoms with Crippen molar-refractivity contribution < 1.29 is 54.6 Å². The molecule has 0 saturated carbocycles. The molecule has 1 aliphatic heterocycles. The van der Waals surface area contributed by atoms with Crippen molar-refractivity contribution in [3.63, 3.8) is 0 Å². The number of unbranched alkanes of at least 4 members (excludes halogenated alkanes) is 18. The van der Waals surface area contributed by atoms with Crippen molar-refractivity contribution in [1.82, 2.24) is 20.9 Å². The van der Waals surface area contributed by atoms with Gasteiger partial charge in [0, 0.05) is 6.67 Å². The maximum absolute atomic E-state index is 3.84. The normalized spacial score (nSPS) is 16.1. The van der Waals surface area contributed by atoms with Gasteiger partial charge in [-0.05, 0) is 39.9 Å². The smallest absolute Gasteiger partial charge is 1.00 e. The quantitative estimate of drug-likeness (QED) is 0.0985. The summed E-state index contributed by atoms with van der Waals surface area (Å²) in [5.74, 6) is 0. The van der Waals surface area contributed by atoms with Crippen molar-refractivity contribution >= 4 is 0 Å². The predicted octanol–water partition coefficient (Wildman–Crippen LogP) is -0.218. The first-order valence-corrected chi connectivity index (χ1v) is 16.3. The molecule has 0 bridgehead atoms. The number of rotatable bonds is 24. The Morgan fingerprint density at radius 3 is 1.27 bits per heavy atom. The van der Waals surface area contributed by atoms with E-state index in [0.29, 0.717) is 12.3 Å². The molecule has 1 fully saturated rings. The van der Waals surface area contributed by atoms with E-state index in [-0.39, 0.29) is 54.6 Å². The van der Waals surface area contributed by atoms with E-state index in [1.807, 2.05) is 0 Å². The molecular formula is C32H69Cl3CrN4. The molecule has 3 N–H and O–H groups in total. The van der Waals surface area contributed by atoms with Gasteiger partial charge in [0.1, 0.15) is 0 Å². The Morgan fingerprint density at radius 2 is 0.900 bits per heavy atom. The van der Waals surface area contributed by atoms with Crippen LogP contribution in [-0.2, 0) is 17.4 Å². The van der Waals surface area contributed by atoms with Gasteiger partial charge in [-0.3, -0.25) is 16.0 Å². The van der Waals surface area contributed by atoms with E-state index in [0.717, 1.165) is 13.1 Å². The molecule has 1 heterocycles. The average molecular weight is 668 g/mol. The van der Waals surface area contributed by atoms with Crippen molar-refractivity contribution in [3.05, 3.63) is 6.92 Å². The molecule has 1 saturated heterocycles. The van der Waals surface area contributed by atoms with Crippen molar-refractivity contribution in [1.29, 1.82) is 0 Å². The number of hydrogen-bond acceptors (Lipinski definition) is 4. The van der Waals surface area contributed by atoms with Crippen LogP contribution in [0.15, 0.2) is 0 Å². The van der Waals surface area contributed by atoms with Crippen LogP contribution in [-0.4, -0.2) is 44.5 Å². The zero-order valence-corrected chi connectivity index (χ0v) is 30.6. The van der Waals surface area contributed by atoms with E-state index in [4.69, 9.17) is 0 Å². The van der Waals surface area contributed by atoms with Crippen LogP contribution in [0.1, 0.15) is 162 Å². The molecule has 4 nitrogen and oxygen atoms in total. The van der Waals surface area contributed by atoms with Gasteiger partial charge >= 0.3 is 17.4 Å². The molecule has 0 aromatic heterocycles. The average Bonchev–Trinajstić information content (AvgIpc) is 2.87. The Morgan fingerprint density at radius 1 is 0.550 bits per heavy atom. The Hall–Kier alpha value is 1.24. The summed E-state index contributed by atoms with van der Waals surface area (Å²) in [4.78, 5) is 2.27. The van der Waals surface area contributed by atoms with Gasteiger partial charge in [-0.25, -0.2) is 0 Å². The minimum atomic E-state index is 0. The SMILES string of the molecule is CCCCCCCCCCCCC1NCNC(CCCN(C)C)N1.[CH2-]CCCCCCCCCCC.[Cl-].[Cl-].[Cl-].[Cr+4]. The van der Waals surface area contributed by atoms with E-state index in [1.54, 1.807) is 0 Å². The van der Waals surface area contributed by atoms with Crippen LogP contribution < -0.4 is 53.2 Å². The minimum absolute atomic E-state index is 0. The van der Waals surface area contributed by atoms with Crippen molar-refractivity contribution in [2.75, 3.05) is 27.3 Å². The van der Waals surface area contributed by atoms with Crippen LogP contribution in [0.25, 0.3) is 0 Å². The molecule has 0 spiro atoms. The summed E-state index contributed by atoms with van der Waals surface area (Å²) in [5, 5.41) is 10.8. The second-order valence-electron chi connectivity index (χ2n) is 11.5. The monoisotopic (exact) mass is 666 g/mol. The summed E-state index contributed by atoms with van der Waals surface area (Å²) in [6.07, 6.45) is 32.8. The first-order chi connectivity index (χ1) is 17.6. The molecule has 2 atom stereocenters. The standard InChI is InChI=1S/C20H44N4.C12H25.3ClH.Cr/c1-4-5-6-7-8-9-10-11-12-13-15-19-21-18-22-20(23-19)16-14-17-24(2)3;1-3-5-7-9-11-12-10-8-6-4-2;;;;/h19-23H,4-18H2,1-3H3;1,3-12H2,2H3;3*1H;/q;-1;;;;+4/p-3. The molecule has 1 rings (SSSR count). The third-order valence-corrected chi connectivity index (χ3v) is 7.40. The Kier molecular flexibility index (Phi) is 53.9. The molecule has 0 amide bonds. The Balaban J connectivity index is -0.000000221. The molecule has 0 aromatic rings. The maximum atomic E-state index is 3.84. The molecule has 40 heavy (non-hydrogen) atoms. The maximum Gasteiger partial charge on any atom is 4.00 e. The topological polar surface area (TPSA) is 39.3 Å². The summed E-state index contributed by atoms with van der Waals surface area (Å²) in [6.45, 7) is 10.5. The van der Waals surface area contributed by atoms with Gasteiger partial charge in [0.2, 0.25) is 0 Å². The van der Waals surface area contributed by atoms with Gasteiger partial charge in [-0.2, -0.15) is 6.42 Å². The Labute approximate surface area is 282 Å². The zero-order valence-electron chi connectivity index (χ0n) is 27.0. The molecule has 0 radical (unpaired) electrons. The minimum Gasteiger partial charge on any atom is -1.00 e. The van der Waals surface area contributed by atoms with Gasteiger partial charge < -0.3 is 49.0 Å². The Bertz CT molecular complexity index is 414. The van der Waals surface area contributed by atoms with Crippen LogP contribution in [0.4, 0.5) is 0 Å². The molecule has 8 heteroatoms. The number of nitrogens with zero attached hydrogens (tertiary/aromatic N) is 1. The molecule has 244 valence electrons. The second kappa shape index (κ2) is 42.4. The first-order valence-electron chi connectivity index (χ1n) is 16.3. The van der Waals surface area contributed by atoms with Crippen LogP contribution >= 0.6 is 0 Å². The van der Waals surface area contributed by atoms with Crippen molar-refractivity contribution in [2.24, 2.45) is 0 Å². The summed E-state index contributed by atoms with van der Waals surface area (Å²) in [5.41, 5.74) is 0. The fraction of sp³-hybridized carbons (Fsp3) is 0.969. The van der Waals surface area contributed by atoms with Crippen LogP contribution in [0.2, 0.25) is 0 Å². The summed E-state index contributed by atoms with van der Waals surface area (Å²) >= 11 is 0. The second-order valence-corrected chi connectivity index (χ2v) is 11.5. The van der Waals surface area contributed by atoms with Crippen molar-refractivity contribution in [2.45, 2.75) is 174 Å². The molecule has 0 aliphatic carbocycles. The van der Waals surface area contributed by atoms with Crippen LogP contribution in [0, 0.1) is 6.92 Å². The molecule has 2 unspecified atom stereocenters. The molecule has 0 aromatic carbocycles. The fourth-order valence-electron chi connectivity index (χ4n) is 4.97. The molecule has 1 aliphatic rings. The number of nitrogens with one attached hydrogen (secondary N) is 3. The van der Waals surface area contributed by atoms with Crippen LogP contribution in [0.3, 0.4) is 0 Å². The van der Waals surface area contributed by atoms with Gasteiger partial charge in [0.15, 0.2) is 0 Å². The zero-order chi connectivity index (χ0) is 26.5. The van der Waals surface area contributed by atoms with E-state index < -0.39 is 0 Å². The number of hydrogen-bond donors (Lipinski definition) is 3. The third-order valence-electron chi connectivity index (χ3n) is 7.40. The molecular weight excluding hydrogens is 599 g/mol. The van der Waals surface area contributed by atoms with E-state index >= 15 is 0 Å². The van der Waals surface area contributed by atoms with E-state index in [1.165, 1.54) is 148 Å². The summed E-state index contributed by atoms with van der Waals surface area (Å²) in [6, 6.07) is 0. The number of halogens is 3. The van der Waals surface area contributed by atoms with Gasteiger partial charge in [-0.1, -0.05) is 136 Å². The van der Waals surface area contributed by atoms with E-state index in [2.05, 4.69) is 55.7 Å². The first kappa shape index (κ1) is 50.8. The summed E-state index contributed by atoms with van der Waals surface area (Å²) in [7, 11) is 4.30. The largest absolute Gasteiger partial charge is 4.00 e.